The number of amides is 1. The molecule has 0 aromatic carbocycles. The van der Waals surface area contributed by atoms with Gasteiger partial charge in [0.25, 0.3) is 0 Å². The minimum Gasteiger partial charge on any atom is -0.481 e. The average molecular weight is 281 g/mol. The highest BCUT2D eigenvalue weighted by Gasteiger charge is 2.35. The third-order valence-electron chi connectivity index (χ3n) is 4.86. The molecule has 2 fully saturated rings. The molecule has 1 aliphatic carbocycles. The zero-order valence-electron chi connectivity index (χ0n) is 12.5. The number of carboxylic acids is 1. The molecule has 2 aliphatic rings. The fourth-order valence-corrected chi connectivity index (χ4v) is 3.90. The van der Waals surface area contributed by atoms with Crippen molar-refractivity contribution in [3.8, 4) is 0 Å². The minimum atomic E-state index is -0.810. The van der Waals surface area contributed by atoms with Crippen molar-refractivity contribution in [3.05, 3.63) is 0 Å². The Hall–Kier alpha value is -1.06. The summed E-state index contributed by atoms with van der Waals surface area (Å²) in [6, 6.07) is 0.430. The standard InChI is InChI=1S/C16H27NO3/c1-12(11-16(19)20)10-15(18)17-9-5-8-14(17)13-6-3-2-4-7-13/h12-14H,2-11H2,1H3,(H,19,20). The summed E-state index contributed by atoms with van der Waals surface area (Å²) in [6.07, 6.45) is 9.20. The van der Waals surface area contributed by atoms with E-state index in [9.17, 15) is 9.59 Å². The van der Waals surface area contributed by atoms with Crippen molar-refractivity contribution in [2.24, 2.45) is 11.8 Å². The Kier molecular flexibility index (Phi) is 5.44. The van der Waals surface area contributed by atoms with E-state index in [1.54, 1.807) is 0 Å². The highest BCUT2D eigenvalue weighted by Crippen LogP contribution is 2.34. The lowest BCUT2D eigenvalue weighted by molar-refractivity contribution is -0.139. The lowest BCUT2D eigenvalue weighted by Crippen LogP contribution is -2.41. The molecule has 2 atom stereocenters. The first-order valence-electron chi connectivity index (χ1n) is 8.09. The summed E-state index contributed by atoms with van der Waals surface area (Å²) in [6.45, 7) is 2.73. The molecule has 4 heteroatoms. The van der Waals surface area contributed by atoms with Gasteiger partial charge in [0.15, 0.2) is 0 Å². The Morgan fingerprint density at radius 1 is 1.10 bits per heavy atom. The zero-order valence-corrected chi connectivity index (χ0v) is 12.5. The number of hydrogen-bond donors (Lipinski definition) is 1. The number of hydrogen-bond acceptors (Lipinski definition) is 2. The van der Waals surface area contributed by atoms with Gasteiger partial charge in [-0.05, 0) is 37.5 Å². The largest absolute Gasteiger partial charge is 0.481 e. The molecule has 1 heterocycles. The van der Waals surface area contributed by atoms with Crippen molar-refractivity contribution in [3.63, 3.8) is 0 Å². The highest BCUT2D eigenvalue weighted by atomic mass is 16.4. The second-order valence-electron chi connectivity index (χ2n) is 6.60. The predicted molar refractivity (Wildman–Crippen MR) is 77.3 cm³/mol. The Morgan fingerprint density at radius 2 is 1.80 bits per heavy atom. The van der Waals surface area contributed by atoms with Crippen molar-refractivity contribution >= 4 is 11.9 Å². The average Bonchev–Trinajstić information content (AvgIpc) is 2.87. The van der Waals surface area contributed by atoms with Gasteiger partial charge in [-0.2, -0.15) is 0 Å². The molecule has 2 rings (SSSR count). The number of nitrogens with zero attached hydrogens (tertiary/aromatic N) is 1. The Bertz CT molecular complexity index is 350. The zero-order chi connectivity index (χ0) is 14.5. The van der Waals surface area contributed by atoms with E-state index in [2.05, 4.69) is 4.90 Å². The van der Waals surface area contributed by atoms with Crippen LogP contribution in [-0.4, -0.2) is 34.5 Å². The van der Waals surface area contributed by atoms with Gasteiger partial charge < -0.3 is 10.0 Å². The number of rotatable bonds is 5. The van der Waals surface area contributed by atoms with Crippen LogP contribution in [0.25, 0.3) is 0 Å². The van der Waals surface area contributed by atoms with E-state index in [4.69, 9.17) is 5.11 Å². The van der Waals surface area contributed by atoms with Crippen LogP contribution >= 0.6 is 0 Å². The van der Waals surface area contributed by atoms with Crippen LogP contribution in [0, 0.1) is 11.8 Å². The van der Waals surface area contributed by atoms with Gasteiger partial charge in [-0.1, -0.05) is 26.2 Å². The molecule has 2 unspecified atom stereocenters. The summed E-state index contributed by atoms with van der Waals surface area (Å²) in [5.41, 5.74) is 0. The molecule has 0 radical (unpaired) electrons. The van der Waals surface area contributed by atoms with Gasteiger partial charge >= 0.3 is 5.97 Å². The van der Waals surface area contributed by atoms with Crippen LogP contribution in [0.3, 0.4) is 0 Å². The second kappa shape index (κ2) is 7.09. The maximum absolute atomic E-state index is 12.4. The van der Waals surface area contributed by atoms with Crippen LogP contribution in [-0.2, 0) is 9.59 Å². The number of aliphatic carboxylic acids is 1. The predicted octanol–water partition coefficient (Wildman–Crippen LogP) is 3.06. The maximum Gasteiger partial charge on any atom is 0.303 e. The number of carbonyl (C=O) groups is 2. The fourth-order valence-electron chi connectivity index (χ4n) is 3.90. The maximum atomic E-state index is 12.4. The number of carbonyl (C=O) groups excluding carboxylic acids is 1. The smallest absolute Gasteiger partial charge is 0.303 e. The van der Waals surface area contributed by atoms with E-state index in [1.807, 2.05) is 6.92 Å². The van der Waals surface area contributed by atoms with Gasteiger partial charge in [-0.25, -0.2) is 0 Å². The topological polar surface area (TPSA) is 57.6 Å². The summed E-state index contributed by atoms with van der Waals surface area (Å²) in [4.78, 5) is 25.2. The van der Waals surface area contributed by atoms with Crippen molar-refractivity contribution < 1.29 is 14.7 Å². The Balaban J connectivity index is 1.88. The van der Waals surface area contributed by atoms with Crippen LogP contribution in [0.1, 0.15) is 64.7 Å². The lowest BCUT2D eigenvalue weighted by Gasteiger charge is -2.34. The molecule has 1 amide bonds. The molecule has 1 N–H and O–H groups in total. The van der Waals surface area contributed by atoms with Gasteiger partial charge in [0.2, 0.25) is 5.91 Å². The molecule has 114 valence electrons. The van der Waals surface area contributed by atoms with Gasteiger partial charge in [-0.15, -0.1) is 0 Å². The SMILES string of the molecule is CC(CC(=O)O)CC(=O)N1CCCC1C1CCCCC1. The quantitative estimate of drug-likeness (QED) is 0.842. The second-order valence-corrected chi connectivity index (χ2v) is 6.60. The van der Waals surface area contributed by atoms with Crippen LogP contribution in [0.15, 0.2) is 0 Å². The van der Waals surface area contributed by atoms with E-state index < -0.39 is 5.97 Å². The molecule has 0 spiro atoms. The van der Waals surface area contributed by atoms with Gasteiger partial charge in [0.05, 0.1) is 0 Å². The monoisotopic (exact) mass is 281 g/mol. The molecule has 0 aromatic heterocycles. The van der Waals surface area contributed by atoms with Crippen molar-refractivity contribution in [2.45, 2.75) is 70.8 Å². The number of carboxylic acid groups (broad SMARTS) is 1. The van der Waals surface area contributed by atoms with E-state index in [0.717, 1.165) is 19.4 Å². The molecule has 1 aliphatic heterocycles. The molecular weight excluding hydrogens is 254 g/mol. The highest BCUT2D eigenvalue weighted by molar-refractivity contribution is 5.78. The van der Waals surface area contributed by atoms with Gasteiger partial charge in [0, 0.05) is 25.4 Å². The molecule has 4 nitrogen and oxygen atoms in total. The summed E-state index contributed by atoms with van der Waals surface area (Å²) in [5.74, 6) is -0.0139. The van der Waals surface area contributed by atoms with Gasteiger partial charge in [-0.3, -0.25) is 9.59 Å². The van der Waals surface area contributed by atoms with Crippen molar-refractivity contribution in [1.29, 1.82) is 0 Å². The minimum absolute atomic E-state index is 0.0624. The Morgan fingerprint density at radius 3 is 2.45 bits per heavy atom. The molecular formula is C16H27NO3. The first kappa shape index (κ1) is 15.3. The first-order chi connectivity index (χ1) is 9.58. The normalized spacial score (nSPS) is 25.6. The summed E-state index contributed by atoms with van der Waals surface area (Å²) in [7, 11) is 0. The molecule has 0 bridgehead atoms. The molecule has 1 saturated carbocycles. The summed E-state index contributed by atoms with van der Waals surface area (Å²) in [5, 5.41) is 8.79. The third kappa shape index (κ3) is 3.97. The van der Waals surface area contributed by atoms with E-state index in [-0.39, 0.29) is 18.2 Å². The lowest BCUT2D eigenvalue weighted by atomic mass is 9.83. The fraction of sp³-hybridized carbons (Fsp3) is 0.875. The van der Waals surface area contributed by atoms with Gasteiger partial charge in [0.1, 0.15) is 0 Å². The third-order valence-corrected chi connectivity index (χ3v) is 4.86. The van der Waals surface area contributed by atoms with E-state index in [1.165, 1.54) is 32.1 Å². The number of likely N-dealkylation sites (tertiary alicyclic amines) is 1. The van der Waals surface area contributed by atoms with E-state index >= 15 is 0 Å². The van der Waals surface area contributed by atoms with Crippen LogP contribution in [0.2, 0.25) is 0 Å². The molecule has 20 heavy (non-hydrogen) atoms. The van der Waals surface area contributed by atoms with Crippen LogP contribution < -0.4 is 0 Å². The summed E-state index contributed by atoms with van der Waals surface area (Å²) >= 11 is 0. The Labute approximate surface area is 121 Å². The molecule has 0 aromatic rings. The van der Waals surface area contributed by atoms with E-state index in [0.29, 0.717) is 18.4 Å². The first-order valence-corrected chi connectivity index (χ1v) is 8.09. The summed E-state index contributed by atoms with van der Waals surface area (Å²) < 4.78 is 0. The van der Waals surface area contributed by atoms with Crippen molar-refractivity contribution in [2.75, 3.05) is 6.54 Å². The molecule has 1 saturated heterocycles. The van der Waals surface area contributed by atoms with Crippen LogP contribution in [0.5, 0.6) is 0 Å². The van der Waals surface area contributed by atoms with Crippen LogP contribution in [0.4, 0.5) is 0 Å². The van der Waals surface area contributed by atoms with Crippen molar-refractivity contribution in [1.82, 2.24) is 4.90 Å².